The van der Waals surface area contributed by atoms with Gasteiger partial charge in [0.2, 0.25) is 0 Å². The van der Waals surface area contributed by atoms with Crippen LogP contribution in [0.5, 0.6) is 0 Å². The van der Waals surface area contributed by atoms with E-state index >= 15 is 0 Å². The van der Waals surface area contributed by atoms with E-state index in [-0.39, 0.29) is 11.7 Å². The fourth-order valence-corrected chi connectivity index (χ4v) is 3.81. The van der Waals surface area contributed by atoms with Gasteiger partial charge in [-0.15, -0.1) is 21.5 Å². The Balaban J connectivity index is 1.65. The lowest BCUT2D eigenvalue weighted by Crippen LogP contribution is -2.38. The van der Waals surface area contributed by atoms with Crippen molar-refractivity contribution in [2.45, 2.75) is 20.0 Å². The number of hydrogen-bond donors (Lipinski definition) is 0. The Hall–Kier alpha value is -2.28. The van der Waals surface area contributed by atoms with Crippen molar-refractivity contribution in [2.75, 3.05) is 6.54 Å². The molecule has 1 aromatic carbocycles. The molecule has 0 fully saturated rings. The van der Waals surface area contributed by atoms with E-state index in [1.165, 1.54) is 17.4 Å². The number of carbonyl (C=O) groups excluding carboxylic acids is 1. The molecule has 0 bridgehead atoms. The molecule has 2 aromatic heterocycles. The van der Waals surface area contributed by atoms with Crippen LogP contribution in [-0.4, -0.2) is 32.1 Å². The minimum absolute atomic E-state index is 0.0764. The van der Waals surface area contributed by atoms with Crippen molar-refractivity contribution in [1.82, 2.24) is 19.7 Å². The van der Waals surface area contributed by atoms with Crippen molar-refractivity contribution in [2.24, 2.45) is 0 Å². The zero-order chi connectivity index (χ0) is 15.3. The highest BCUT2D eigenvalue weighted by Crippen LogP contribution is 2.29. The molecule has 1 amide bonds. The molecule has 1 aliphatic rings. The van der Waals surface area contributed by atoms with E-state index in [1.54, 1.807) is 17.0 Å². The average molecular weight is 316 g/mol. The van der Waals surface area contributed by atoms with E-state index in [0.29, 0.717) is 29.9 Å². The molecule has 22 heavy (non-hydrogen) atoms. The minimum atomic E-state index is -0.290. The van der Waals surface area contributed by atoms with Gasteiger partial charge in [-0.25, -0.2) is 4.39 Å². The van der Waals surface area contributed by atoms with Gasteiger partial charge in [0.25, 0.3) is 5.91 Å². The zero-order valence-corrected chi connectivity index (χ0v) is 12.7. The second kappa shape index (κ2) is 4.88. The van der Waals surface area contributed by atoms with Gasteiger partial charge in [0.05, 0.1) is 11.4 Å². The van der Waals surface area contributed by atoms with Gasteiger partial charge in [0.1, 0.15) is 11.6 Å². The van der Waals surface area contributed by atoms with Crippen molar-refractivity contribution < 1.29 is 9.18 Å². The van der Waals surface area contributed by atoms with E-state index < -0.39 is 0 Å². The molecule has 112 valence electrons. The van der Waals surface area contributed by atoms with Crippen molar-refractivity contribution in [1.29, 1.82) is 0 Å². The molecule has 3 aromatic rings. The van der Waals surface area contributed by atoms with Crippen molar-refractivity contribution >= 4 is 27.3 Å². The van der Waals surface area contributed by atoms with Crippen LogP contribution < -0.4 is 0 Å². The quantitative estimate of drug-likeness (QED) is 0.693. The molecule has 0 aliphatic carbocycles. The third-order valence-corrected chi connectivity index (χ3v) is 5.03. The number of benzene rings is 1. The number of amides is 1. The molecule has 0 atom stereocenters. The summed E-state index contributed by atoms with van der Waals surface area (Å²) in [5.74, 6) is 1.30. The molecule has 0 spiro atoms. The number of aromatic nitrogens is 3. The molecular formula is C15H13FN4OS. The number of halogens is 1. The fourth-order valence-electron chi connectivity index (χ4n) is 2.76. The number of fused-ring (bicyclic) bond motifs is 2. The standard InChI is InChI=1S/C15H13FN4OS/c1-9-17-18-14-8-19(5-6-20(9)14)15(21)13-7-10-11(16)3-2-4-12(10)22-13/h2-4,7H,5-6,8H2,1H3. The van der Waals surface area contributed by atoms with Crippen LogP contribution in [0, 0.1) is 12.7 Å². The Bertz CT molecular complexity index is 885. The summed E-state index contributed by atoms with van der Waals surface area (Å²) < 4.78 is 16.6. The third kappa shape index (κ3) is 2.00. The number of hydrogen-bond acceptors (Lipinski definition) is 4. The SMILES string of the molecule is Cc1nnc2n1CCN(C(=O)c1cc3c(F)cccc3s1)C2. The molecule has 7 heteroatoms. The number of nitrogens with zero attached hydrogens (tertiary/aromatic N) is 4. The number of rotatable bonds is 1. The zero-order valence-electron chi connectivity index (χ0n) is 11.9. The molecule has 5 nitrogen and oxygen atoms in total. The minimum Gasteiger partial charge on any atom is -0.329 e. The van der Waals surface area contributed by atoms with Gasteiger partial charge < -0.3 is 9.47 Å². The highest BCUT2D eigenvalue weighted by molar-refractivity contribution is 7.20. The molecule has 0 N–H and O–H groups in total. The van der Waals surface area contributed by atoms with Crippen LogP contribution in [0.3, 0.4) is 0 Å². The molecule has 1 aliphatic heterocycles. The van der Waals surface area contributed by atoms with Gasteiger partial charge in [0.15, 0.2) is 5.82 Å². The first-order valence-corrected chi connectivity index (χ1v) is 7.81. The maximum absolute atomic E-state index is 13.8. The average Bonchev–Trinajstić information content (AvgIpc) is 3.11. The third-order valence-electron chi connectivity index (χ3n) is 3.94. The van der Waals surface area contributed by atoms with Crippen LogP contribution >= 0.6 is 11.3 Å². The summed E-state index contributed by atoms with van der Waals surface area (Å²) in [5, 5.41) is 8.65. The van der Waals surface area contributed by atoms with E-state index in [2.05, 4.69) is 10.2 Å². The second-order valence-electron chi connectivity index (χ2n) is 5.30. The fraction of sp³-hybridized carbons (Fsp3) is 0.267. The van der Waals surface area contributed by atoms with Crippen LogP contribution in [0.15, 0.2) is 24.3 Å². The van der Waals surface area contributed by atoms with E-state index in [0.717, 1.165) is 16.3 Å². The molecule has 0 unspecified atom stereocenters. The molecule has 0 saturated carbocycles. The summed E-state index contributed by atoms with van der Waals surface area (Å²) in [7, 11) is 0. The van der Waals surface area contributed by atoms with Crippen LogP contribution in [0.4, 0.5) is 4.39 Å². The highest BCUT2D eigenvalue weighted by atomic mass is 32.1. The predicted octanol–water partition coefficient (Wildman–Crippen LogP) is 2.60. The molecule has 0 saturated heterocycles. The van der Waals surface area contributed by atoms with Crippen LogP contribution in [-0.2, 0) is 13.1 Å². The normalized spacial score (nSPS) is 14.4. The van der Waals surface area contributed by atoms with Crippen LogP contribution in [0.2, 0.25) is 0 Å². The van der Waals surface area contributed by atoms with Crippen molar-refractivity contribution in [3.05, 3.63) is 46.6 Å². The van der Waals surface area contributed by atoms with Gasteiger partial charge in [-0.1, -0.05) is 6.07 Å². The lowest BCUT2D eigenvalue weighted by atomic mass is 10.2. The topological polar surface area (TPSA) is 51.0 Å². The number of aryl methyl sites for hydroxylation is 1. The van der Waals surface area contributed by atoms with Crippen LogP contribution in [0.1, 0.15) is 21.3 Å². The summed E-state index contributed by atoms with van der Waals surface area (Å²) in [6.45, 7) is 3.65. The highest BCUT2D eigenvalue weighted by Gasteiger charge is 2.25. The molecule has 0 radical (unpaired) electrons. The monoisotopic (exact) mass is 316 g/mol. The van der Waals surface area contributed by atoms with E-state index in [4.69, 9.17) is 0 Å². The Morgan fingerprint density at radius 3 is 3.00 bits per heavy atom. The van der Waals surface area contributed by atoms with Gasteiger partial charge in [-0.05, 0) is 25.1 Å². The van der Waals surface area contributed by atoms with Crippen molar-refractivity contribution in [3.63, 3.8) is 0 Å². The van der Waals surface area contributed by atoms with Gasteiger partial charge in [-0.3, -0.25) is 4.79 Å². The summed E-state index contributed by atoms with van der Waals surface area (Å²) in [6, 6.07) is 6.54. The Kier molecular flexibility index (Phi) is 2.97. The maximum atomic E-state index is 13.8. The predicted molar refractivity (Wildman–Crippen MR) is 81.3 cm³/mol. The summed E-state index contributed by atoms with van der Waals surface area (Å²) in [4.78, 5) is 15.0. The first-order valence-electron chi connectivity index (χ1n) is 6.99. The number of carbonyl (C=O) groups is 1. The summed E-state index contributed by atoms with van der Waals surface area (Å²) in [6.07, 6.45) is 0. The van der Waals surface area contributed by atoms with Gasteiger partial charge >= 0.3 is 0 Å². The van der Waals surface area contributed by atoms with Crippen LogP contribution in [0.25, 0.3) is 10.1 Å². The molecule has 3 heterocycles. The Morgan fingerprint density at radius 2 is 2.18 bits per heavy atom. The summed E-state index contributed by atoms with van der Waals surface area (Å²) >= 11 is 1.33. The largest absolute Gasteiger partial charge is 0.329 e. The lowest BCUT2D eigenvalue weighted by molar-refractivity contribution is 0.0711. The number of thiophene rings is 1. The summed E-state index contributed by atoms with van der Waals surface area (Å²) in [5.41, 5.74) is 0. The molecule has 4 rings (SSSR count). The Labute approximate surface area is 130 Å². The van der Waals surface area contributed by atoms with Gasteiger partial charge in [0, 0.05) is 23.2 Å². The van der Waals surface area contributed by atoms with E-state index in [1.807, 2.05) is 17.6 Å². The lowest BCUT2D eigenvalue weighted by Gasteiger charge is -2.27. The first-order chi connectivity index (χ1) is 10.6. The smallest absolute Gasteiger partial charge is 0.264 e. The molecular weight excluding hydrogens is 303 g/mol. The van der Waals surface area contributed by atoms with E-state index in [9.17, 15) is 9.18 Å². The van der Waals surface area contributed by atoms with Crippen molar-refractivity contribution in [3.8, 4) is 0 Å². The second-order valence-corrected chi connectivity index (χ2v) is 6.39. The maximum Gasteiger partial charge on any atom is 0.264 e. The first kappa shape index (κ1) is 13.4. The van der Waals surface area contributed by atoms with Gasteiger partial charge in [-0.2, -0.15) is 0 Å². The Morgan fingerprint density at radius 1 is 1.32 bits per heavy atom.